The summed E-state index contributed by atoms with van der Waals surface area (Å²) in [6.07, 6.45) is 0.869. The minimum Gasteiger partial charge on any atom is -0.352 e. The molecule has 7 heteroatoms. The molecule has 1 aromatic carbocycles. The van der Waals surface area contributed by atoms with E-state index in [2.05, 4.69) is 15.6 Å². The highest BCUT2D eigenvalue weighted by Crippen LogP contribution is 2.17. The quantitative estimate of drug-likeness (QED) is 0.817. The predicted molar refractivity (Wildman–Crippen MR) is 91.8 cm³/mol. The summed E-state index contributed by atoms with van der Waals surface area (Å²) in [5.41, 5.74) is 1.71. The third-order valence-electron chi connectivity index (χ3n) is 3.10. The van der Waals surface area contributed by atoms with Crippen LogP contribution in [0, 0.1) is 12.7 Å². The van der Waals surface area contributed by atoms with Gasteiger partial charge in [-0.05, 0) is 45.1 Å². The SMILES string of the molecule is CNCCCNC(=O)c1cc2ccc(F)cc2nc1C.Cl.Cl. The van der Waals surface area contributed by atoms with Crippen LogP contribution >= 0.6 is 24.8 Å². The topological polar surface area (TPSA) is 54.0 Å². The number of nitrogens with one attached hydrogen (secondary N) is 2. The number of pyridine rings is 1. The standard InChI is InChI=1S/C15H18FN3O.2ClH/c1-10-13(15(20)18-7-3-6-17-2)8-11-4-5-12(16)9-14(11)19-10;;/h4-5,8-9,17H,3,6-7H2,1-2H3,(H,18,20);2*1H. The number of hydrogen-bond donors (Lipinski definition) is 2. The van der Waals surface area contributed by atoms with Crippen molar-refractivity contribution in [3.63, 3.8) is 0 Å². The molecule has 0 aliphatic heterocycles. The first kappa shape index (κ1) is 20.6. The smallest absolute Gasteiger partial charge is 0.253 e. The molecule has 0 spiro atoms. The van der Waals surface area contributed by atoms with Crippen molar-refractivity contribution in [2.75, 3.05) is 20.1 Å². The summed E-state index contributed by atoms with van der Waals surface area (Å²) in [4.78, 5) is 16.4. The number of halogens is 3. The molecule has 0 aliphatic carbocycles. The largest absolute Gasteiger partial charge is 0.352 e. The second-order valence-corrected chi connectivity index (χ2v) is 4.67. The third-order valence-corrected chi connectivity index (χ3v) is 3.10. The van der Waals surface area contributed by atoms with Gasteiger partial charge < -0.3 is 10.6 Å². The third kappa shape index (κ3) is 5.09. The van der Waals surface area contributed by atoms with E-state index in [1.54, 1.807) is 19.1 Å². The van der Waals surface area contributed by atoms with Gasteiger partial charge in [0.15, 0.2) is 0 Å². The molecule has 122 valence electrons. The zero-order chi connectivity index (χ0) is 14.5. The number of fused-ring (bicyclic) bond motifs is 1. The Balaban J connectivity index is 0.00000220. The predicted octanol–water partition coefficient (Wildman–Crippen LogP) is 2.87. The highest BCUT2D eigenvalue weighted by atomic mass is 35.5. The molecule has 0 atom stereocenters. The number of aryl methyl sites for hydroxylation is 1. The van der Waals surface area contributed by atoms with Crippen LogP contribution in [0.25, 0.3) is 10.9 Å². The van der Waals surface area contributed by atoms with Gasteiger partial charge in [0.2, 0.25) is 0 Å². The van der Waals surface area contributed by atoms with Crippen LogP contribution in [0.2, 0.25) is 0 Å². The van der Waals surface area contributed by atoms with E-state index in [-0.39, 0.29) is 36.5 Å². The average Bonchev–Trinajstić information content (AvgIpc) is 2.42. The zero-order valence-corrected chi connectivity index (χ0v) is 14.1. The monoisotopic (exact) mass is 347 g/mol. The maximum Gasteiger partial charge on any atom is 0.253 e. The van der Waals surface area contributed by atoms with Crippen LogP contribution in [0.1, 0.15) is 22.5 Å². The van der Waals surface area contributed by atoms with Crippen LogP contribution in [-0.4, -0.2) is 31.0 Å². The highest BCUT2D eigenvalue weighted by molar-refractivity contribution is 5.98. The van der Waals surface area contributed by atoms with E-state index in [9.17, 15) is 9.18 Å². The number of carbonyl (C=O) groups excluding carboxylic acids is 1. The molecule has 0 unspecified atom stereocenters. The lowest BCUT2D eigenvalue weighted by atomic mass is 10.1. The van der Waals surface area contributed by atoms with Crippen LogP contribution in [0.4, 0.5) is 4.39 Å². The van der Waals surface area contributed by atoms with Gasteiger partial charge >= 0.3 is 0 Å². The molecule has 0 fully saturated rings. The maximum atomic E-state index is 13.1. The van der Waals surface area contributed by atoms with E-state index in [0.29, 0.717) is 23.3 Å². The van der Waals surface area contributed by atoms with Crippen molar-refractivity contribution in [3.05, 3.63) is 41.3 Å². The lowest BCUT2D eigenvalue weighted by molar-refractivity contribution is 0.0952. The Hall–Kier alpha value is -1.43. The van der Waals surface area contributed by atoms with Crippen molar-refractivity contribution in [2.24, 2.45) is 0 Å². The molecule has 0 bridgehead atoms. The summed E-state index contributed by atoms with van der Waals surface area (Å²) in [5.74, 6) is -0.467. The number of aromatic nitrogens is 1. The van der Waals surface area contributed by atoms with Gasteiger partial charge in [0.25, 0.3) is 5.91 Å². The number of hydrogen-bond acceptors (Lipinski definition) is 3. The maximum absolute atomic E-state index is 13.1. The minimum absolute atomic E-state index is 0. The fraction of sp³-hybridized carbons (Fsp3) is 0.333. The van der Waals surface area contributed by atoms with Crippen molar-refractivity contribution >= 4 is 41.6 Å². The molecule has 0 saturated carbocycles. The van der Waals surface area contributed by atoms with Crippen molar-refractivity contribution in [1.82, 2.24) is 15.6 Å². The molecular weight excluding hydrogens is 328 g/mol. The van der Waals surface area contributed by atoms with Crippen LogP contribution < -0.4 is 10.6 Å². The molecule has 0 aliphatic rings. The van der Waals surface area contributed by atoms with Crippen LogP contribution in [0.15, 0.2) is 24.3 Å². The Morgan fingerprint density at radius 3 is 2.64 bits per heavy atom. The van der Waals surface area contributed by atoms with Gasteiger partial charge in [-0.15, -0.1) is 24.8 Å². The van der Waals surface area contributed by atoms with E-state index in [1.807, 2.05) is 7.05 Å². The van der Waals surface area contributed by atoms with E-state index in [4.69, 9.17) is 0 Å². The Kier molecular flexibility index (Phi) is 8.94. The molecule has 2 aromatic rings. The molecule has 4 nitrogen and oxygen atoms in total. The van der Waals surface area contributed by atoms with E-state index >= 15 is 0 Å². The Morgan fingerprint density at radius 2 is 1.95 bits per heavy atom. The van der Waals surface area contributed by atoms with Gasteiger partial charge in [0.1, 0.15) is 5.82 Å². The van der Waals surface area contributed by atoms with E-state index in [1.165, 1.54) is 12.1 Å². The van der Waals surface area contributed by atoms with Crippen LogP contribution in [-0.2, 0) is 0 Å². The lowest BCUT2D eigenvalue weighted by Crippen LogP contribution is -2.27. The molecule has 0 radical (unpaired) electrons. The summed E-state index contributed by atoms with van der Waals surface area (Å²) in [5, 5.41) is 6.64. The van der Waals surface area contributed by atoms with E-state index < -0.39 is 0 Å². The Morgan fingerprint density at radius 1 is 1.23 bits per heavy atom. The lowest BCUT2D eigenvalue weighted by Gasteiger charge is -2.08. The van der Waals surface area contributed by atoms with Crippen LogP contribution in [0.3, 0.4) is 0 Å². The first-order valence-corrected chi connectivity index (χ1v) is 6.61. The van der Waals surface area contributed by atoms with Gasteiger partial charge in [-0.2, -0.15) is 0 Å². The van der Waals surface area contributed by atoms with E-state index in [0.717, 1.165) is 18.4 Å². The number of benzene rings is 1. The molecule has 2 rings (SSSR count). The van der Waals surface area contributed by atoms with Crippen molar-refractivity contribution in [2.45, 2.75) is 13.3 Å². The number of rotatable bonds is 5. The van der Waals surface area contributed by atoms with Gasteiger partial charge in [0.05, 0.1) is 16.8 Å². The molecule has 22 heavy (non-hydrogen) atoms. The van der Waals surface area contributed by atoms with Gasteiger partial charge in [-0.1, -0.05) is 0 Å². The van der Waals surface area contributed by atoms with Crippen molar-refractivity contribution in [1.29, 1.82) is 0 Å². The van der Waals surface area contributed by atoms with Crippen LogP contribution in [0.5, 0.6) is 0 Å². The molecule has 2 N–H and O–H groups in total. The molecule has 1 heterocycles. The van der Waals surface area contributed by atoms with Crippen molar-refractivity contribution < 1.29 is 9.18 Å². The summed E-state index contributed by atoms with van der Waals surface area (Å²) < 4.78 is 13.1. The second-order valence-electron chi connectivity index (χ2n) is 4.67. The molecule has 0 saturated heterocycles. The summed E-state index contributed by atoms with van der Waals surface area (Å²) in [6, 6.07) is 6.13. The fourth-order valence-corrected chi connectivity index (χ4v) is 2.03. The molecule has 1 amide bonds. The first-order valence-electron chi connectivity index (χ1n) is 6.61. The van der Waals surface area contributed by atoms with Gasteiger partial charge in [0, 0.05) is 18.0 Å². The Labute approximate surface area is 141 Å². The molecular formula is C15H20Cl2FN3O. The van der Waals surface area contributed by atoms with Gasteiger partial charge in [-0.25, -0.2) is 4.39 Å². The van der Waals surface area contributed by atoms with Crippen molar-refractivity contribution in [3.8, 4) is 0 Å². The molecule has 1 aromatic heterocycles. The number of amides is 1. The normalized spacial score (nSPS) is 9.77. The first-order chi connectivity index (χ1) is 9.61. The average molecular weight is 348 g/mol. The second kappa shape index (κ2) is 9.56. The summed E-state index contributed by atoms with van der Waals surface area (Å²) in [6.45, 7) is 3.22. The number of carbonyl (C=O) groups is 1. The zero-order valence-electron chi connectivity index (χ0n) is 12.5. The van der Waals surface area contributed by atoms with Gasteiger partial charge in [-0.3, -0.25) is 9.78 Å². The summed E-state index contributed by atoms with van der Waals surface area (Å²) >= 11 is 0. The Bertz CT molecular complexity index is 637. The highest BCUT2D eigenvalue weighted by Gasteiger charge is 2.11. The fourth-order valence-electron chi connectivity index (χ4n) is 2.03. The summed E-state index contributed by atoms with van der Waals surface area (Å²) in [7, 11) is 1.87. The minimum atomic E-state index is -0.325. The number of nitrogens with zero attached hydrogens (tertiary/aromatic N) is 1.